The number of thioether (sulfide) groups is 3. The predicted molar refractivity (Wildman–Crippen MR) is 223 cm³/mol. The maximum absolute atomic E-state index is 14.4. The summed E-state index contributed by atoms with van der Waals surface area (Å²) in [5.74, 6) is 6.34. The first-order valence-electron chi connectivity index (χ1n) is 18.8. The predicted octanol–water partition coefficient (Wildman–Crippen LogP) is 11.1. The monoisotopic (exact) mass is 760 g/mol. The van der Waals surface area contributed by atoms with Crippen LogP contribution in [0, 0.1) is 11.8 Å². The Balaban J connectivity index is 1.04. The van der Waals surface area contributed by atoms with Gasteiger partial charge in [0.15, 0.2) is 0 Å². The SMILES string of the molecule is CCCCC(C)CSCCc1cc2c(cc3n2C(=O)C2=CC=c4c5c(c(=O)n6c4cc4sc(CCSCC(CC)CCCC)cc46)SC3C25)s1. The van der Waals surface area contributed by atoms with Crippen LogP contribution < -0.4 is 10.8 Å². The first-order valence-corrected chi connectivity index (χ1v) is 23.6. The molecule has 4 atom stereocenters. The minimum Gasteiger partial charge on any atom is -0.278 e. The number of unbranched alkanes of at least 4 members (excludes halogenated alkanes) is 2. The van der Waals surface area contributed by atoms with E-state index in [0.717, 1.165) is 79.7 Å². The molecule has 7 heterocycles. The maximum atomic E-state index is 14.4. The molecule has 0 saturated heterocycles. The third kappa shape index (κ3) is 6.18. The van der Waals surface area contributed by atoms with Gasteiger partial charge in [0, 0.05) is 32.2 Å². The summed E-state index contributed by atoms with van der Waals surface area (Å²) in [7, 11) is 0. The number of hydrogen-bond donors (Lipinski definition) is 0. The fraction of sp³-hybridized carbons (Fsp3) is 0.512. The molecule has 0 amide bonds. The fourth-order valence-electron chi connectivity index (χ4n) is 8.20. The van der Waals surface area contributed by atoms with Gasteiger partial charge in [0.1, 0.15) is 0 Å². The number of aromatic nitrogens is 2. The molecule has 3 aliphatic rings. The molecule has 4 unspecified atom stereocenters. The van der Waals surface area contributed by atoms with Crippen molar-refractivity contribution < 1.29 is 4.79 Å². The standard InChI is InChI=1S/C41H48N2O2S5/c1-5-8-10-24(4)22-46-16-14-26-19-32-35(49-26)21-33-38-37-29(40(44)43(32)33)13-12-28-30-20-34-31(42(30)41(45)39(50-38)36(28)37)18-27(48-34)15-17-47-23-25(7-3)11-9-6-2/h12-13,18-21,24-25,37-38H,5-11,14-17,22-23H2,1-4H3. The molecule has 0 fully saturated rings. The molecule has 1 aliphatic carbocycles. The summed E-state index contributed by atoms with van der Waals surface area (Å²) in [6, 6.07) is 9.01. The zero-order valence-corrected chi connectivity index (χ0v) is 33.8. The highest BCUT2D eigenvalue weighted by Gasteiger charge is 2.48. The Bertz CT molecular complexity index is 2220. The molecule has 9 heteroatoms. The summed E-state index contributed by atoms with van der Waals surface area (Å²) in [5, 5.41) is 1.17. The van der Waals surface area contributed by atoms with E-state index in [4.69, 9.17) is 0 Å². The van der Waals surface area contributed by atoms with E-state index in [2.05, 4.69) is 87.6 Å². The smallest absolute Gasteiger partial charge is 0.269 e. The van der Waals surface area contributed by atoms with Crippen molar-refractivity contribution in [2.24, 2.45) is 11.8 Å². The number of pyridine rings is 1. The number of rotatable bonds is 17. The molecule has 5 aromatic rings. The fourth-order valence-corrected chi connectivity index (χ4v) is 14.5. The largest absolute Gasteiger partial charge is 0.278 e. The second-order valence-electron chi connectivity index (χ2n) is 14.6. The molecule has 0 N–H and O–H groups in total. The van der Waals surface area contributed by atoms with Crippen LogP contribution in [0.4, 0.5) is 0 Å². The number of nitrogens with zero attached hydrogens (tertiary/aromatic N) is 2. The van der Waals surface area contributed by atoms with Crippen LogP contribution in [0.2, 0.25) is 0 Å². The van der Waals surface area contributed by atoms with E-state index in [-0.39, 0.29) is 22.6 Å². The maximum Gasteiger partial charge on any atom is 0.269 e. The molecule has 0 aromatic carbocycles. The van der Waals surface area contributed by atoms with Crippen LogP contribution in [0.1, 0.15) is 110 Å². The summed E-state index contributed by atoms with van der Waals surface area (Å²) >= 11 is 9.52. The number of allylic oxidation sites excluding steroid dienone is 2. The molecule has 4 nitrogen and oxygen atoms in total. The van der Waals surface area contributed by atoms with Gasteiger partial charge in [-0.2, -0.15) is 23.5 Å². The van der Waals surface area contributed by atoms with Gasteiger partial charge in [-0.05, 0) is 90.4 Å². The lowest BCUT2D eigenvalue weighted by Gasteiger charge is -2.30. The summed E-state index contributed by atoms with van der Waals surface area (Å²) in [5.41, 5.74) is 6.14. The number of hydrogen-bond acceptors (Lipinski definition) is 7. The molecule has 0 spiro atoms. The Morgan fingerprint density at radius 2 is 1.52 bits per heavy atom. The Hall–Kier alpha value is -1.91. The van der Waals surface area contributed by atoms with Crippen molar-refractivity contribution in [2.75, 3.05) is 23.0 Å². The van der Waals surface area contributed by atoms with Crippen LogP contribution in [0.15, 0.2) is 45.6 Å². The minimum atomic E-state index is -0.0629. The van der Waals surface area contributed by atoms with Gasteiger partial charge in [0.2, 0.25) is 0 Å². The zero-order valence-electron chi connectivity index (χ0n) is 29.7. The highest BCUT2D eigenvalue weighted by atomic mass is 32.2. The van der Waals surface area contributed by atoms with Crippen LogP contribution in [0.3, 0.4) is 0 Å². The van der Waals surface area contributed by atoms with E-state index in [1.165, 1.54) is 75.6 Å². The topological polar surface area (TPSA) is 43.5 Å². The van der Waals surface area contributed by atoms with Crippen molar-refractivity contribution in [1.29, 1.82) is 0 Å². The quantitative estimate of drug-likeness (QED) is 0.0883. The second kappa shape index (κ2) is 14.8. The Morgan fingerprint density at radius 3 is 2.26 bits per heavy atom. The lowest BCUT2D eigenvalue weighted by molar-refractivity contribution is 0.0939. The third-order valence-electron chi connectivity index (χ3n) is 11.0. The Morgan fingerprint density at radius 1 is 0.820 bits per heavy atom. The van der Waals surface area contributed by atoms with E-state index in [9.17, 15) is 9.59 Å². The van der Waals surface area contributed by atoms with Gasteiger partial charge in [-0.3, -0.25) is 18.6 Å². The highest BCUT2D eigenvalue weighted by Crippen LogP contribution is 2.59. The van der Waals surface area contributed by atoms with E-state index >= 15 is 0 Å². The van der Waals surface area contributed by atoms with Crippen LogP contribution in [0.5, 0.6) is 0 Å². The number of aryl methyl sites for hydroxylation is 2. The van der Waals surface area contributed by atoms with Gasteiger partial charge in [-0.15, -0.1) is 34.4 Å². The Kier molecular flexibility index (Phi) is 10.4. The van der Waals surface area contributed by atoms with Crippen molar-refractivity contribution in [3.05, 3.63) is 72.5 Å². The van der Waals surface area contributed by atoms with Crippen molar-refractivity contribution in [3.63, 3.8) is 0 Å². The lowest BCUT2D eigenvalue weighted by Crippen LogP contribution is -2.33. The molecule has 50 heavy (non-hydrogen) atoms. The van der Waals surface area contributed by atoms with Gasteiger partial charge in [-0.25, -0.2) is 0 Å². The van der Waals surface area contributed by atoms with E-state index in [1.54, 1.807) is 11.8 Å². The second-order valence-corrected chi connectivity index (χ2v) is 20.4. The normalized spacial score (nSPS) is 19.0. The van der Waals surface area contributed by atoms with Crippen LogP contribution in [-0.4, -0.2) is 37.9 Å². The van der Waals surface area contributed by atoms with Crippen LogP contribution in [0.25, 0.3) is 32.0 Å². The molecule has 0 saturated carbocycles. The Labute approximate surface area is 316 Å². The molecule has 0 bridgehead atoms. The van der Waals surface area contributed by atoms with Gasteiger partial charge >= 0.3 is 0 Å². The molecule has 264 valence electrons. The molecule has 2 aliphatic heterocycles. The van der Waals surface area contributed by atoms with E-state index in [0.29, 0.717) is 0 Å². The zero-order chi connectivity index (χ0) is 34.5. The van der Waals surface area contributed by atoms with Gasteiger partial charge in [0.05, 0.1) is 36.1 Å². The van der Waals surface area contributed by atoms with Gasteiger partial charge in [-0.1, -0.05) is 72.0 Å². The lowest BCUT2D eigenvalue weighted by atomic mass is 9.80. The van der Waals surface area contributed by atoms with E-state index in [1.807, 2.05) is 31.6 Å². The number of carbonyl (C=O) groups is 1. The summed E-state index contributed by atoms with van der Waals surface area (Å²) in [4.78, 5) is 32.1. The molecular formula is C41H48N2O2S5. The average molecular weight is 761 g/mol. The first kappa shape index (κ1) is 35.1. The molecular weight excluding hydrogens is 713 g/mol. The van der Waals surface area contributed by atoms with Crippen molar-refractivity contribution in [3.8, 4) is 0 Å². The van der Waals surface area contributed by atoms with Crippen LogP contribution in [-0.2, 0) is 12.8 Å². The minimum absolute atomic E-state index is 0.0410. The number of fused-ring (bicyclic) bond motifs is 8. The number of carbonyl (C=O) groups excluding carboxylic acids is 1. The van der Waals surface area contributed by atoms with Gasteiger partial charge in [0.25, 0.3) is 11.5 Å². The summed E-state index contributed by atoms with van der Waals surface area (Å²) in [6.45, 7) is 9.25. The first-order chi connectivity index (χ1) is 24.4. The number of thiophene rings is 2. The van der Waals surface area contributed by atoms with Crippen molar-refractivity contribution >= 4 is 95.9 Å². The van der Waals surface area contributed by atoms with Crippen LogP contribution >= 0.6 is 58.0 Å². The molecule has 8 rings (SSSR count). The average Bonchev–Trinajstić information content (AvgIpc) is 3.92. The van der Waals surface area contributed by atoms with Gasteiger partial charge < -0.3 is 0 Å². The summed E-state index contributed by atoms with van der Waals surface area (Å²) < 4.78 is 6.33. The third-order valence-corrected chi connectivity index (χ3v) is 17.2. The summed E-state index contributed by atoms with van der Waals surface area (Å²) in [6.07, 6.45) is 15.4. The van der Waals surface area contributed by atoms with Crippen molar-refractivity contribution in [2.45, 2.75) is 102 Å². The molecule has 0 radical (unpaired) electrons. The van der Waals surface area contributed by atoms with Crippen molar-refractivity contribution in [1.82, 2.24) is 8.97 Å². The van der Waals surface area contributed by atoms with E-state index < -0.39 is 0 Å². The highest BCUT2D eigenvalue weighted by molar-refractivity contribution is 8.00. The molecule has 5 aromatic heterocycles.